The molecule has 0 spiro atoms. The fourth-order valence-corrected chi connectivity index (χ4v) is 0.929. The maximum atomic E-state index is 5.48. The van der Waals surface area contributed by atoms with Crippen LogP contribution >= 0.6 is 0 Å². The predicted molar refractivity (Wildman–Crippen MR) is 55.3 cm³/mol. The van der Waals surface area contributed by atoms with Crippen molar-refractivity contribution in [1.29, 1.82) is 0 Å². The molecule has 0 unspecified atom stereocenters. The third-order valence-electron chi connectivity index (χ3n) is 1.59. The SMILES string of the molecule is CCCOCCOc1ccc(N)cn1. The molecule has 0 bridgehead atoms. The molecule has 4 nitrogen and oxygen atoms in total. The lowest BCUT2D eigenvalue weighted by atomic mass is 10.4. The van der Waals surface area contributed by atoms with E-state index in [1.54, 1.807) is 18.3 Å². The van der Waals surface area contributed by atoms with E-state index in [2.05, 4.69) is 11.9 Å². The topological polar surface area (TPSA) is 57.4 Å². The molecular formula is C10H16N2O2. The van der Waals surface area contributed by atoms with Gasteiger partial charge in [0.15, 0.2) is 0 Å². The van der Waals surface area contributed by atoms with Gasteiger partial charge in [-0.15, -0.1) is 0 Å². The minimum atomic E-state index is 0.525. The number of nitrogens with zero attached hydrogens (tertiary/aromatic N) is 1. The number of rotatable bonds is 6. The molecule has 0 amide bonds. The van der Waals surface area contributed by atoms with Crippen LogP contribution < -0.4 is 10.5 Å². The molecule has 0 aliphatic rings. The molecule has 0 saturated heterocycles. The molecule has 0 saturated carbocycles. The van der Waals surface area contributed by atoms with Crippen LogP contribution in [0.15, 0.2) is 18.3 Å². The highest BCUT2D eigenvalue weighted by molar-refractivity contribution is 5.35. The van der Waals surface area contributed by atoms with Crippen molar-refractivity contribution in [3.8, 4) is 5.88 Å². The molecule has 0 radical (unpaired) electrons. The van der Waals surface area contributed by atoms with E-state index >= 15 is 0 Å². The third-order valence-corrected chi connectivity index (χ3v) is 1.59. The zero-order valence-corrected chi connectivity index (χ0v) is 8.40. The lowest BCUT2D eigenvalue weighted by Crippen LogP contribution is -2.07. The first-order chi connectivity index (χ1) is 6.83. The molecule has 0 aromatic carbocycles. The van der Waals surface area contributed by atoms with Gasteiger partial charge in [0, 0.05) is 12.7 Å². The highest BCUT2D eigenvalue weighted by Crippen LogP contribution is 2.07. The van der Waals surface area contributed by atoms with Gasteiger partial charge in [-0.05, 0) is 12.5 Å². The second kappa shape index (κ2) is 6.21. The van der Waals surface area contributed by atoms with Crippen LogP contribution in [-0.4, -0.2) is 24.8 Å². The zero-order chi connectivity index (χ0) is 10.2. The average Bonchev–Trinajstić information content (AvgIpc) is 2.21. The summed E-state index contributed by atoms with van der Waals surface area (Å²) in [6.07, 6.45) is 2.60. The molecule has 14 heavy (non-hydrogen) atoms. The molecule has 1 aromatic rings. The van der Waals surface area contributed by atoms with E-state index in [0.29, 0.717) is 24.8 Å². The molecule has 0 aliphatic carbocycles. The first kappa shape index (κ1) is 10.8. The molecule has 0 fully saturated rings. The average molecular weight is 196 g/mol. The van der Waals surface area contributed by atoms with Crippen molar-refractivity contribution < 1.29 is 9.47 Å². The summed E-state index contributed by atoms with van der Waals surface area (Å²) in [5.41, 5.74) is 6.12. The van der Waals surface area contributed by atoms with Crippen LogP contribution in [0.5, 0.6) is 5.88 Å². The van der Waals surface area contributed by atoms with Crippen LogP contribution in [0.4, 0.5) is 5.69 Å². The number of hydrogen-bond acceptors (Lipinski definition) is 4. The van der Waals surface area contributed by atoms with Crippen molar-refractivity contribution in [2.45, 2.75) is 13.3 Å². The van der Waals surface area contributed by atoms with E-state index in [-0.39, 0.29) is 0 Å². The first-order valence-corrected chi connectivity index (χ1v) is 4.75. The van der Waals surface area contributed by atoms with Crippen LogP contribution in [0, 0.1) is 0 Å². The monoisotopic (exact) mass is 196 g/mol. The molecule has 1 heterocycles. The van der Waals surface area contributed by atoms with E-state index in [1.807, 2.05) is 0 Å². The summed E-state index contributed by atoms with van der Waals surface area (Å²) in [5.74, 6) is 0.583. The third kappa shape index (κ3) is 4.09. The molecule has 1 aromatic heterocycles. The second-order valence-electron chi connectivity index (χ2n) is 2.89. The maximum absolute atomic E-state index is 5.48. The maximum Gasteiger partial charge on any atom is 0.213 e. The predicted octanol–water partition coefficient (Wildman–Crippen LogP) is 1.47. The van der Waals surface area contributed by atoms with Crippen LogP contribution in [0.3, 0.4) is 0 Å². The summed E-state index contributed by atoms with van der Waals surface area (Å²) in [6.45, 7) is 3.97. The number of anilines is 1. The van der Waals surface area contributed by atoms with Gasteiger partial charge in [-0.3, -0.25) is 0 Å². The lowest BCUT2D eigenvalue weighted by Gasteiger charge is -2.05. The minimum absolute atomic E-state index is 0.525. The number of hydrogen-bond donors (Lipinski definition) is 1. The Hall–Kier alpha value is -1.29. The smallest absolute Gasteiger partial charge is 0.213 e. The minimum Gasteiger partial charge on any atom is -0.475 e. The standard InChI is InChI=1S/C10H16N2O2/c1-2-5-13-6-7-14-10-4-3-9(11)8-12-10/h3-4,8H,2,5-7,11H2,1H3. The fraction of sp³-hybridized carbons (Fsp3) is 0.500. The van der Waals surface area contributed by atoms with Gasteiger partial charge in [-0.1, -0.05) is 6.92 Å². The van der Waals surface area contributed by atoms with Gasteiger partial charge in [0.25, 0.3) is 0 Å². The van der Waals surface area contributed by atoms with Crippen LogP contribution in [0.2, 0.25) is 0 Å². The molecular weight excluding hydrogens is 180 g/mol. The lowest BCUT2D eigenvalue weighted by molar-refractivity contribution is 0.0990. The Labute approximate surface area is 84.0 Å². The Kier molecular flexibility index (Phi) is 4.78. The summed E-state index contributed by atoms with van der Waals surface area (Å²) < 4.78 is 10.6. The number of nitrogens with two attached hydrogens (primary N) is 1. The van der Waals surface area contributed by atoms with Gasteiger partial charge in [-0.25, -0.2) is 4.98 Å². The summed E-state index contributed by atoms with van der Waals surface area (Å²) in [6, 6.07) is 3.50. The van der Waals surface area contributed by atoms with Crippen LogP contribution in [0.25, 0.3) is 0 Å². The van der Waals surface area contributed by atoms with Crippen LogP contribution in [0.1, 0.15) is 13.3 Å². The molecule has 0 aliphatic heterocycles. The highest BCUT2D eigenvalue weighted by Gasteiger charge is 1.94. The number of pyridine rings is 1. The second-order valence-corrected chi connectivity index (χ2v) is 2.89. The van der Waals surface area contributed by atoms with Gasteiger partial charge in [0.05, 0.1) is 18.5 Å². The van der Waals surface area contributed by atoms with E-state index in [0.717, 1.165) is 13.0 Å². The number of nitrogen functional groups attached to an aromatic ring is 1. The van der Waals surface area contributed by atoms with E-state index < -0.39 is 0 Å². The fourth-order valence-electron chi connectivity index (χ4n) is 0.929. The van der Waals surface area contributed by atoms with Crippen molar-refractivity contribution in [2.75, 3.05) is 25.6 Å². The molecule has 4 heteroatoms. The van der Waals surface area contributed by atoms with E-state index in [4.69, 9.17) is 15.2 Å². The number of ether oxygens (including phenoxy) is 2. The Balaban J connectivity index is 2.15. The highest BCUT2D eigenvalue weighted by atomic mass is 16.5. The summed E-state index contributed by atoms with van der Waals surface area (Å²) in [5, 5.41) is 0. The Bertz CT molecular complexity index is 249. The van der Waals surface area contributed by atoms with Crippen molar-refractivity contribution in [1.82, 2.24) is 4.98 Å². The normalized spacial score (nSPS) is 10.1. The Morgan fingerprint density at radius 3 is 2.79 bits per heavy atom. The van der Waals surface area contributed by atoms with Crippen molar-refractivity contribution >= 4 is 5.69 Å². The van der Waals surface area contributed by atoms with Crippen LogP contribution in [-0.2, 0) is 4.74 Å². The van der Waals surface area contributed by atoms with Gasteiger partial charge in [-0.2, -0.15) is 0 Å². The molecule has 0 atom stereocenters. The van der Waals surface area contributed by atoms with Gasteiger partial charge < -0.3 is 15.2 Å². The Morgan fingerprint density at radius 2 is 2.14 bits per heavy atom. The van der Waals surface area contributed by atoms with Gasteiger partial charge >= 0.3 is 0 Å². The summed E-state index contributed by atoms with van der Waals surface area (Å²) in [7, 11) is 0. The van der Waals surface area contributed by atoms with Gasteiger partial charge in [0.1, 0.15) is 6.61 Å². The van der Waals surface area contributed by atoms with Crippen molar-refractivity contribution in [3.63, 3.8) is 0 Å². The quantitative estimate of drug-likeness (QED) is 0.700. The summed E-state index contributed by atoms with van der Waals surface area (Å²) in [4.78, 5) is 3.99. The summed E-state index contributed by atoms with van der Waals surface area (Å²) >= 11 is 0. The van der Waals surface area contributed by atoms with Gasteiger partial charge in [0.2, 0.25) is 5.88 Å². The van der Waals surface area contributed by atoms with E-state index in [1.165, 1.54) is 0 Å². The largest absolute Gasteiger partial charge is 0.475 e. The Morgan fingerprint density at radius 1 is 1.29 bits per heavy atom. The zero-order valence-electron chi connectivity index (χ0n) is 8.40. The molecule has 1 rings (SSSR count). The molecule has 2 N–H and O–H groups in total. The molecule has 78 valence electrons. The van der Waals surface area contributed by atoms with Crippen molar-refractivity contribution in [3.05, 3.63) is 18.3 Å². The number of aromatic nitrogens is 1. The first-order valence-electron chi connectivity index (χ1n) is 4.75. The van der Waals surface area contributed by atoms with E-state index in [9.17, 15) is 0 Å². The van der Waals surface area contributed by atoms with Crippen molar-refractivity contribution in [2.24, 2.45) is 0 Å².